The number of hydrogen-bond acceptors (Lipinski definition) is 4. The van der Waals surface area contributed by atoms with Gasteiger partial charge in [0.1, 0.15) is 4.90 Å². The van der Waals surface area contributed by atoms with Crippen LogP contribution in [0.1, 0.15) is 18.9 Å². The van der Waals surface area contributed by atoms with E-state index in [0.29, 0.717) is 25.1 Å². The molecular formula is C13H17Cl2N3O2S. The Morgan fingerprint density at radius 3 is 2.67 bits per heavy atom. The third kappa shape index (κ3) is 3.68. The Labute approximate surface area is 136 Å². The lowest BCUT2D eigenvalue weighted by Gasteiger charge is -2.34. The highest BCUT2D eigenvalue weighted by Crippen LogP contribution is 2.28. The SMILES string of the molecule is CC1CN(S(=O)(=O)c2ccc(C#N)cc2Cl)CCC1N.Cl. The summed E-state index contributed by atoms with van der Waals surface area (Å²) in [5.74, 6) is 0.107. The Morgan fingerprint density at radius 1 is 1.48 bits per heavy atom. The molecule has 1 heterocycles. The summed E-state index contributed by atoms with van der Waals surface area (Å²) in [6, 6.07) is 6.16. The normalized spacial score (nSPS) is 23.1. The zero-order valence-corrected chi connectivity index (χ0v) is 13.9. The van der Waals surface area contributed by atoms with Gasteiger partial charge in [0, 0.05) is 19.1 Å². The highest BCUT2D eigenvalue weighted by Gasteiger charge is 2.33. The maximum absolute atomic E-state index is 12.6. The molecule has 21 heavy (non-hydrogen) atoms. The van der Waals surface area contributed by atoms with E-state index in [1.54, 1.807) is 0 Å². The van der Waals surface area contributed by atoms with Crippen LogP contribution in [-0.4, -0.2) is 31.9 Å². The first-order valence-electron chi connectivity index (χ1n) is 6.31. The molecule has 0 bridgehead atoms. The summed E-state index contributed by atoms with van der Waals surface area (Å²) in [6.45, 7) is 2.72. The van der Waals surface area contributed by atoms with Crippen molar-refractivity contribution in [3.63, 3.8) is 0 Å². The summed E-state index contributed by atoms with van der Waals surface area (Å²) in [4.78, 5) is 0.0424. The van der Waals surface area contributed by atoms with Gasteiger partial charge >= 0.3 is 0 Å². The molecule has 2 N–H and O–H groups in total. The Bertz CT molecular complexity index is 658. The first-order chi connectivity index (χ1) is 9.36. The number of sulfonamides is 1. The molecule has 8 heteroatoms. The van der Waals surface area contributed by atoms with E-state index in [2.05, 4.69) is 0 Å². The van der Waals surface area contributed by atoms with Gasteiger partial charge in [-0.1, -0.05) is 18.5 Å². The molecule has 1 saturated heterocycles. The van der Waals surface area contributed by atoms with Crippen LogP contribution in [-0.2, 0) is 10.0 Å². The van der Waals surface area contributed by atoms with Gasteiger partial charge in [0.25, 0.3) is 0 Å². The van der Waals surface area contributed by atoms with Crippen molar-refractivity contribution in [3.8, 4) is 6.07 Å². The highest BCUT2D eigenvalue weighted by atomic mass is 35.5. The molecule has 1 aromatic carbocycles. The molecule has 0 amide bonds. The van der Waals surface area contributed by atoms with Crippen molar-refractivity contribution in [3.05, 3.63) is 28.8 Å². The number of piperidine rings is 1. The van der Waals surface area contributed by atoms with E-state index >= 15 is 0 Å². The van der Waals surface area contributed by atoms with Crippen LogP contribution in [0.5, 0.6) is 0 Å². The van der Waals surface area contributed by atoms with Crippen LogP contribution < -0.4 is 5.73 Å². The van der Waals surface area contributed by atoms with Gasteiger partial charge in [-0.05, 0) is 30.5 Å². The molecule has 2 rings (SSSR count). The summed E-state index contributed by atoms with van der Waals surface area (Å²) in [6.07, 6.45) is 0.633. The number of benzene rings is 1. The highest BCUT2D eigenvalue weighted by molar-refractivity contribution is 7.89. The smallest absolute Gasteiger partial charge is 0.244 e. The largest absolute Gasteiger partial charge is 0.327 e. The molecule has 1 aliphatic rings. The summed E-state index contributed by atoms with van der Waals surface area (Å²) in [5.41, 5.74) is 6.24. The fourth-order valence-electron chi connectivity index (χ4n) is 2.26. The molecule has 0 aromatic heterocycles. The monoisotopic (exact) mass is 349 g/mol. The van der Waals surface area contributed by atoms with Crippen molar-refractivity contribution >= 4 is 34.0 Å². The molecule has 2 atom stereocenters. The minimum absolute atomic E-state index is 0. The number of halogens is 2. The van der Waals surface area contributed by atoms with Crippen molar-refractivity contribution in [1.29, 1.82) is 5.26 Å². The quantitative estimate of drug-likeness (QED) is 0.884. The van der Waals surface area contributed by atoms with Crippen molar-refractivity contribution in [2.24, 2.45) is 11.7 Å². The minimum atomic E-state index is -3.64. The third-order valence-corrected chi connectivity index (χ3v) is 5.96. The molecule has 0 radical (unpaired) electrons. The number of nitriles is 1. The zero-order chi connectivity index (χ0) is 14.9. The van der Waals surface area contributed by atoms with E-state index in [0.717, 1.165) is 0 Å². The fraction of sp³-hybridized carbons (Fsp3) is 0.462. The van der Waals surface area contributed by atoms with Crippen LogP contribution in [0.2, 0.25) is 5.02 Å². The molecule has 5 nitrogen and oxygen atoms in total. The molecule has 1 fully saturated rings. The number of rotatable bonds is 2. The van der Waals surface area contributed by atoms with Crippen LogP contribution in [0.15, 0.2) is 23.1 Å². The standard InChI is InChI=1S/C13H16ClN3O2S.ClH/c1-9-8-17(5-4-12(9)16)20(18,19)13-3-2-10(7-15)6-11(13)14;/h2-3,6,9,12H,4-5,8,16H2,1H3;1H. The Hall–Kier alpha value is -0.840. The van der Waals surface area contributed by atoms with Crippen LogP contribution in [0.25, 0.3) is 0 Å². The van der Waals surface area contributed by atoms with Crippen LogP contribution in [0.3, 0.4) is 0 Å². The molecule has 1 aromatic rings. The van der Waals surface area contributed by atoms with Gasteiger partial charge in [0.15, 0.2) is 0 Å². The first-order valence-corrected chi connectivity index (χ1v) is 8.13. The topological polar surface area (TPSA) is 87.2 Å². The lowest BCUT2D eigenvalue weighted by molar-refractivity contribution is 0.250. The van der Waals surface area contributed by atoms with Crippen molar-refractivity contribution in [1.82, 2.24) is 4.31 Å². The maximum Gasteiger partial charge on any atom is 0.244 e. The summed E-state index contributed by atoms with van der Waals surface area (Å²) < 4.78 is 26.6. The van der Waals surface area contributed by atoms with Gasteiger partial charge in [0.2, 0.25) is 10.0 Å². The fourth-order valence-corrected chi connectivity index (χ4v) is 4.34. The van der Waals surface area contributed by atoms with E-state index in [-0.39, 0.29) is 34.3 Å². The predicted octanol–water partition coefficient (Wildman–Crippen LogP) is 1.99. The van der Waals surface area contributed by atoms with Gasteiger partial charge in [0.05, 0.1) is 16.7 Å². The molecule has 0 spiro atoms. The van der Waals surface area contributed by atoms with Gasteiger partial charge in [-0.3, -0.25) is 0 Å². The molecule has 0 saturated carbocycles. The van der Waals surface area contributed by atoms with E-state index in [9.17, 15) is 8.42 Å². The molecular weight excluding hydrogens is 333 g/mol. The average Bonchev–Trinajstić information content (AvgIpc) is 2.41. The van der Waals surface area contributed by atoms with Crippen LogP contribution in [0.4, 0.5) is 0 Å². The van der Waals surface area contributed by atoms with Crippen molar-refractivity contribution in [2.75, 3.05) is 13.1 Å². The summed E-state index contributed by atoms with van der Waals surface area (Å²) in [5, 5.41) is 8.86. The van der Waals surface area contributed by atoms with Crippen LogP contribution in [0, 0.1) is 17.2 Å². The average molecular weight is 350 g/mol. The number of hydrogen-bond donors (Lipinski definition) is 1. The van der Waals surface area contributed by atoms with E-state index < -0.39 is 10.0 Å². The Balaban J connectivity index is 0.00000220. The zero-order valence-electron chi connectivity index (χ0n) is 11.5. The summed E-state index contributed by atoms with van der Waals surface area (Å²) in [7, 11) is -3.64. The second-order valence-corrected chi connectivity index (χ2v) is 7.36. The lowest BCUT2D eigenvalue weighted by atomic mass is 9.96. The molecule has 116 valence electrons. The van der Waals surface area contributed by atoms with Crippen molar-refractivity contribution in [2.45, 2.75) is 24.3 Å². The van der Waals surface area contributed by atoms with E-state index in [4.69, 9.17) is 22.6 Å². The van der Waals surface area contributed by atoms with E-state index in [1.807, 2.05) is 13.0 Å². The van der Waals surface area contributed by atoms with Crippen LogP contribution >= 0.6 is 24.0 Å². The van der Waals surface area contributed by atoms with Gasteiger partial charge in [-0.15, -0.1) is 12.4 Å². The Kier molecular flexibility index (Phi) is 6.02. The van der Waals surface area contributed by atoms with Gasteiger partial charge in [-0.25, -0.2) is 8.42 Å². The molecule has 0 aliphatic carbocycles. The summed E-state index contributed by atoms with van der Waals surface area (Å²) >= 11 is 6.00. The maximum atomic E-state index is 12.6. The Morgan fingerprint density at radius 2 is 2.14 bits per heavy atom. The number of nitrogens with two attached hydrogens (primary N) is 1. The van der Waals surface area contributed by atoms with E-state index in [1.165, 1.54) is 22.5 Å². The molecule has 1 aliphatic heterocycles. The predicted molar refractivity (Wildman–Crippen MR) is 83.9 cm³/mol. The van der Waals surface area contributed by atoms with Gasteiger partial charge < -0.3 is 5.73 Å². The van der Waals surface area contributed by atoms with Crippen molar-refractivity contribution < 1.29 is 8.42 Å². The lowest BCUT2D eigenvalue weighted by Crippen LogP contribution is -2.48. The first kappa shape index (κ1) is 18.2. The van der Waals surface area contributed by atoms with Gasteiger partial charge in [-0.2, -0.15) is 9.57 Å². The second-order valence-electron chi connectivity index (χ2n) is 5.05. The number of nitrogens with zero attached hydrogens (tertiary/aromatic N) is 2. The molecule has 2 unspecified atom stereocenters. The third-order valence-electron chi connectivity index (χ3n) is 3.61. The second kappa shape index (κ2) is 6.95. The minimum Gasteiger partial charge on any atom is -0.327 e.